The minimum Gasteiger partial charge on any atom is -0.487 e. The second-order valence-electron chi connectivity index (χ2n) is 4.15. The van der Waals surface area contributed by atoms with Crippen LogP contribution in [-0.4, -0.2) is 16.2 Å². The molecule has 0 amide bonds. The number of nitrogens with zero attached hydrogens (tertiary/aromatic N) is 2. The summed E-state index contributed by atoms with van der Waals surface area (Å²) in [6.45, 7) is 2.10. The van der Waals surface area contributed by atoms with Gasteiger partial charge in [-0.15, -0.1) is 0 Å². The summed E-state index contributed by atoms with van der Waals surface area (Å²) in [5, 5.41) is 10.6. The van der Waals surface area contributed by atoms with Crippen molar-refractivity contribution in [2.75, 3.05) is 0 Å². The topological polar surface area (TPSA) is 82.3 Å². The molecular formula is C14H12N2O4. The van der Waals surface area contributed by atoms with Crippen LogP contribution in [-0.2, 0) is 6.61 Å². The van der Waals surface area contributed by atoms with Gasteiger partial charge in [-0.3, -0.25) is 19.9 Å². The summed E-state index contributed by atoms with van der Waals surface area (Å²) in [5.74, 6) is 0.302. The molecule has 0 atom stereocenters. The molecule has 0 aliphatic rings. The number of aryl methyl sites for hydroxylation is 1. The van der Waals surface area contributed by atoms with Gasteiger partial charge in [0.1, 0.15) is 12.4 Å². The Morgan fingerprint density at radius 3 is 2.85 bits per heavy atom. The van der Waals surface area contributed by atoms with Crippen LogP contribution in [0.5, 0.6) is 5.75 Å². The van der Waals surface area contributed by atoms with E-state index in [0.29, 0.717) is 12.0 Å². The highest BCUT2D eigenvalue weighted by Gasteiger charge is 2.11. The molecule has 0 N–H and O–H groups in total. The van der Waals surface area contributed by atoms with Gasteiger partial charge in [0.2, 0.25) is 0 Å². The van der Waals surface area contributed by atoms with Gasteiger partial charge in [0, 0.05) is 18.3 Å². The van der Waals surface area contributed by atoms with Crippen LogP contribution in [0.25, 0.3) is 0 Å². The van der Waals surface area contributed by atoms with Gasteiger partial charge in [-0.2, -0.15) is 0 Å². The zero-order valence-corrected chi connectivity index (χ0v) is 10.8. The lowest BCUT2D eigenvalue weighted by Crippen LogP contribution is -2.02. The SMILES string of the molecule is Cc1cccnc1COc1ccc([N+](=O)[O-])cc1C=O. The van der Waals surface area contributed by atoms with E-state index in [2.05, 4.69) is 4.98 Å². The maximum Gasteiger partial charge on any atom is 0.270 e. The molecule has 0 spiro atoms. The zero-order valence-electron chi connectivity index (χ0n) is 10.8. The fourth-order valence-electron chi connectivity index (χ4n) is 1.69. The van der Waals surface area contributed by atoms with E-state index in [1.807, 2.05) is 19.1 Å². The lowest BCUT2D eigenvalue weighted by atomic mass is 10.2. The largest absolute Gasteiger partial charge is 0.487 e. The summed E-state index contributed by atoms with van der Waals surface area (Å²) in [6.07, 6.45) is 2.19. The van der Waals surface area contributed by atoms with E-state index in [4.69, 9.17) is 4.74 Å². The van der Waals surface area contributed by atoms with Crippen molar-refractivity contribution in [3.05, 3.63) is 63.5 Å². The van der Waals surface area contributed by atoms with Crippen molar-refractivity contribution in [1.82, 2.24) is 4.98 Å². The third-order valence-electron chi connectivity index (χ3n) is 2.81. The number of hydrogen-bond acceptors (Lipinski definition) is 5. The summed E-state index contributed by atoms with van der Waals surface area (Å²) >= 11 is 0. The number of rotatable bonds is 5. The Bertz CT molecular complexity index is 655. The molecule has 0 unspecified atom stereocenters. The fraction of sp³-hybridized carbons (Fsp3) is 0.143. The Morgan fingerprint density at radius 2 is 2.20 bits per heavy atom. The quantitative estimate of drug-likeness (QED) is 0.474. The number of carbonyl (C=O) groups is 1. The molecule has 0 saturated carbocycles. The van der Waals surface area contributed by atoms with Crippen LogP contribution in [0.2, 0.25) is 0 Å². The van der Waals surface area contributed by atoms with Gasteiger partial charge in [-0.25, -0.2) is 0 Å². The van der Waals surface area contributed by atoms with Gasteiger partial charge >= 0.3 is 0 Å². The number of nitro benzene ring substituents is 1. The average molecular weight is 272 g/mol. The van der Waals surface area contributed by atoms with Gasteiger partial charge in [-0.05, 0) is 24.6 Å². The number of carbonyl (C=O) groups excluding carboxylic acids is 1. The van der Waals surface area contributed by atoms with Crippen molar-refractivity contribution in [3.63, 3.8) is 0 Å². The van der Waals surface area contributed by atoms with E-state index in [1.54, 1.807) is 6.20 Å². The minimum absolute atomic E-state index is 0.145. The summed E-state index contributed by atoms with van der Waals surface area (Å²) < 4.78 is 5.51. The van der Waals surface area contributed by atoms with Crippen LogP contribution in [0, 0.1) is 17.0 Å². The van der Waals surface area contributed by atoms with Crippen molar-refractivity contribution in [3.8, 4) is 5.75 Å². The Hall–Kier alpha value is -2.76. The smallest absolute Gasteiger partial charge is 0.270 e. The minimum atomic E-state index is -0.556. The van der Waals surface area contributed by atoms with Gasteiger partial charge in [0.25, 0.3) is 5.69 Å². The molecule has 6 nitrogen and oxygen atoms in total. The van der Waals surface area contributed by atoms with Gasteiger partial charge in [0.15, 0.2) is 6.29 Å². The van der Waals surface area contributed by atoms with Crippen LogP contribution in [0.15, 0.2) is 36.5 Å². The molecule has 0 bridgehead atoms. The van der Waals surface area contributed by atoms with Crippen LogP contribution in [0.4, 0.5) is 5.69 Å². The third-order valence-corrected chi connectivity index (χ3v) is 2.81. The first-order chi connectivity index (χ1) is 9.61. The number of nitro groups is 1. The highest BCUT2D eigenvalue weighted by Crippen LogP contribution is 2.23. The molecule has 2 aromatic rings. The highest BCUT2D eigenvalue weighted by molar-refractivity contribution is 5.80. The number of hydrogen-bond donors (Lipinski definition) is 0. The fourth-order valence-corrected chi connectivity index (χ4v) is 1.69. The van der Waals surface area contributed by atoms with E-state index in [-0.39, 0.29) is 17.9 Å². The number of non-ortho nitro benzene ring substituents is 1. The van der Waals surface area contributed by atoms with Crippen LogP contribution >= 0.6 is 0 Å². The van der Waals surface area contributed by atoms with Crippen molar-refractivity contribution in [1.29, 1.82) is 0 Å². The number of ether oxygens (including phenoxy) is 1. The van der Waals surface area contributed by atoms with Gasteiger partial charge in [0.05, 0.1) is 16.2 Å². The molecule has 0 aliphatic heterocycles. The second kappa shape index (κ2) is 5.92. The molecule has 0 fully saturated rings. The van der Waals surface area contributed by atoms with E-state index in [1.165, 1.54) is 18.2 Å². The molecule has 0 radical (unpaired) electrons. The predicted octanol–water partition coefficient (Wildman–Crippen LogP) is 2.69. The average Bonchev–Trinajstić information content (AvgIpc) is 2.46. The Balaban J connectivity index is 2.19. The highest BCUT2D eigenvalue weighted by atomic mass is 16.6. The molecule has 1 aromatic carbocycles. The number of pyridine rings is 1. The standard InChI is InChI=1S/C14H12N2O4/c1-10-3-2-6-15-13(10)9-20-14-5-4-12(16(18)19)7-11(14)8-17/h2-8H,9H2,1H3. The third kappa shape index (κ3) is 2.97. The molecular weight excluding hydrogens is 260 g/mol. The lowest BCUT2D eigenvalue weighted by molar-refractivity contribution is -0.384. The van der Waals surface area contributed by atoms with Crippen LogP contribution < -0.4 is 4.74 Å². The zero-order chi connectivity index (χ0) is 14.5. The summed E-state index contributed by atoms with van der Waals surface area (Å²) in [5.41, 5.74) is 1.73. The van der Waals surface area contributed by atoms with E-state index in [0.717, 1.165) is 11.3 Å². The lowest BCUT2D eigenvalue weighted by Gasteiger charge is -2.09. The summed E-state index contributed by atoms with van der Waals surface area (Å²) in [7, 11) is 0. The molecule has 102 valence electrons. The van der Waals surface area contributed by atoms with Crippen molar-refractivity contribution in [2.45, 2.75) is 13.5 Å². The first kappa shape index (κ1) is 13.7. The molecule has 1 heterocycles. The maximum absolute atomic E-state index is 11.0. The normalized spacial score (nSPS) is 10.1. The molecule has 0 aliphatic carbocycles. The van der Waals surface area contributed by atoms with Gasteiger partial charge < -0.3 is 4.74 Å². The van der Waals surface area contributed by atoms with Crippen LogP contribution in [0.3, 0.4) is 0 Å². The number of benzene rings is 1. The summed E-state index contributed by atoms with van der Waals surface area (Å²) in [4.78, 5) is 25.2. The Labute approximate surface area is 115 Å². The monoisotopic (exact) mass is 272 g/mol. The number of aromatic nitrogens is 1. The number of aldehydes is 1. The maximum atomic E-state index is 11.0. The van der Waals surface area contributed by atoms with E-state index >= 15 is 0 Å². The Kier molecular flexibility index (Phi) is 4.05. The molecule has 20 heavy (non-hydrogen) atoms. The van der Waals surface area contributed by atoms with Crippen molar-refractivity contribution in [2.24, 2.45) is 0 Å². The summed E-state index contributed by atoms with van der Waals surface area (Å²) in [6, 6.07) is 7.63. The first-order valence-electron chi connectivity index (χ1n) is 5.88. The first-order valence-corrected chi connectivity index (χ1v) is 5.88. The molecule has 1 aromatic heterocycles. The molecule has 6 heteroatoms. The van der Waals surface area contributed by atoms with Crippen molar-refractivity contribution < 1.29 is 14.5 Å². The molecule has 2 rings (SSSR count). The molecule has 0 saturated heterocycles. The predicted molar refractivity (Wildman–Crippen MR) is 71.8 cm³/mol. The van der Waals surface area contributed by atoms with Gasteiger partial charge in [-0.1, -0.05) is 6.07 Å². The van der Waals surface area contributed by atoms with Crippen LogP contribution in [0.1, 0.15) is 21.6 Å². The van der Waals surface area contributed by atoms with Crippen molar-refractivity contribution >= 4 is 12.0 Å². The Morgan fingerprint density at radius 1 is 1.40 bits per heavy atom. The second-order valence-corrected chi connectivity index (χ2v) is 4.15. The van der Waals surface area contributed by atoms with E-state index < -0.39 is 4.92 Å². The van der Waals surface area contributed by atoms with E-state index in [9.17, 15) is 14.9 Å².